The summed E-state index contributed by atoms with van der Waals surface area (Å²) in [6.07, 6.45) is 6.31. The number of allylic oxidation sites excluding steroid dienone is 1. The first-order valence-electron chi connectivity index (χ1n) is 9.12. The molecule has 1 fully saturated rings. The summed E-state index contributed by atoms with van der Waals surface area (Å²) in [6, 6.07) is 7.54. The Morgan fingerprint density at radius 1 is 1.38 bits per heavy atom. The van der Waals surface area contributed by atoms with Gasteiger partial charge < -0.3 is 5.32 Å². The molecule has 5 nitrogen and oxygen atoms in total. The highest BCUT2D eigenvalue weighted by Crippen LogP contribution is 2.24. The smallest absolute Gasteiger partial charge is 0.262 e. The van der Waals surface area contributed by atoms with Crippen molar-refractivity contribution in [1.82, 2.24) is 14.9 Å². The molecule has 1 heterocycles. The number of rotatable bonds is 6. The number of carbonyl (C=O) groups excluding carboxylic acids is 1. The zero-order valence-electron chi connectivity index (χ0n) is 15.1. The fraction of sp³-hybridized carbons (Fsp3) is 0.450. The zero-order valence-corrected chi connectivity index (χ0v) is 15.9. The van der Waals surface area contributed by atoms with Crippen molar-refractivity contribution in [2.75, 3.05) is 5.75 Å². The second-order valence-electron chi connectivity index (χ2n) is 6.84. The van der Waals surface area contributed by atoms with Gasteiger partial charge in [0.25, 0.3) is 5.56 Å². The molecule has 1 aliphatic carbocycles. The molecule has 0 aliphatic heterocycles. The van der Waals surface area contributed by atoms with Crippen LogP contribution in [-0.2, 0) is 11.3 Å². The average Bonchev–Trinajstić information content (AvgIpc) is 2.64. The molecule has 6 heteroatoms. The van der Waals surface area contributed by atoms with Crippen molar-refractivity contribution in [3.8, 4) is 0 Å². The third-order valence-electron chi connectivity index (χ3n) is 4.93. The lowest BCUT2D eigenvalue weighted by Gasteiger charge is -2.29. The highest BCUT2D eigenvalue weighted by Gasteiger charge is 2.23. The second kappa shape index (κ2) is 8.54. The quantitative estimate of drug-likeness (QED) is 0.480. The average molecular weight is 372 g/mol. The molecule has 1 aromatic heterocycles. The van der Waals surface area contributed by atoms with E-state index >= 15 is 0 Å². The Morgan fingerprint density at radius 2 is 2.15 bits per heavy atom. The Bertz CT molecular complexity index is 862. The van der Waals surface area contributed by atoms with Crippen LogP contribution in [0.25, 0.3) is 10.9 Å². The Morgan fingerprint density at radius 3 is 2.92 bits per heavy atom. The number of hydrogen-bond donors (Lipinski definition) is 1. The largest absolute Gasteiger partial charge is 0.352 e. The van der Waals surface area contributed by atoms with Gasteiger partial charge in [-0.15, -0.1) is 6.58 Å². The number of nitrogens with zero attached hydrogens (tertiary/aromatic N) is 2. The van der Waals surface area contributed by atoms with Crippen molar-refractivity contribution in [2.45, 2.75) is 50.4 Å². The van der Waals surface area contributed by atoms with Crippen LogP contribution in [0.2, 0.25) is 0 Å². The van der Waals surface area contributed by atoms with E-state index in [-0.39, 0.29) is 23.3 Å². The second-order valence-corrected chi connectivity index (χ2v) is 7.78. The van der Waals surface area contributed by atoms with Crippen molar-refractivity contribution in [3.63, 3.8) is 0 Å². The number of thioether (sulfide) groups is 1. The number of nitrogens with one attached hydrogen (secondary N) is 1. The van der Waals surface area contributed by atoms with E-state index in [9.17, 15) is 9.59 Å². The van der Waals surface area contributed by atoms with Gasteiger partial charge in [-0.25, -0.2) is 4.98 Å². The lowest BCUT2D eigenvalue weighted by Crippen LogP contribution is -2.41. The van der Waals surface area contributed by atoms with Crippen LogP contribution in [0.3, 0.4) is 0 Å². The van der Waals surface area contributed by atoms with Gasteiger partial charge in [0.15, 0.2) is 5.16 Å². The molecule has 26 heavy (non-hydrogen) atoms. The van der Waals surface area contributed by atoms with Gasteiger partial charge in [0, 0.05) is 12.6 Å². The molecule has 0 radical (unpaired) electrons. The van der Waals surface area contributed by atoms with Gasteiger partial charge >= 0.3 is 0 Å². The highest BCUT2D eigenvalue weighted by molar-refractivity contribution is 7.99. The minimum atomic E-state index is -0.0979. The lowest BCUT2D eigenvalue weighted by atomic mass is 9.86. The topological polar surface area (TPSA) is 64.0 Å². The van der Waals surface area contributed by atoms with Gasteiger partial charge in [0.1, 0.15) is 0 Å². The molecule has 138 valence electrons. The molecule has 1 aromatic carbocycles. The predicted molar refractivity (Wildman–Crippen MR) is 106 cm³/mol. The maximum atomic E-state index is 12.7. The summed E-state index contributed by atoms with van der Waals surface area (Å²) in [5, 5.41) is 4.29. The van der Waals surface area contributed by atoms with Crippen LogP contribution in [0, 0.1) is 5.92 Å². The Hall–Kier alpha value is -2.08. The molecule has 2 aromatic rings. The van der Waals surface area contributed by atoms with Crippen LogP contribution < -0.4 is 10.9 Å². The first kappa shape index (κ1) is 18.7. The first-order valence-corrected chi connectivity index (χ1v) is 10.1. The van der Waals surface area contributed by atoms with Crippen LogP contribution in [-0.4, -0.2) is 27.3 Å². The number of carbonyl (C=O) groups is 1. The third kappa shape index (κ3) is 4.18. The number of amides is 1. The summed E-state index contributed by atoms with van der Waals surface area (Å²) in [5.74, 6) is 0.780. The molecular formula is C20H25N3O2S. The normalized spacial score (nSPS) is 20.0. The standard InChI is InChI=1S/C20H25N3O2S/c1-3-12-23-19(25)15-9-5-7-11-17(15)22-20(23)26-13-18(24)21-16-10-6-4-8-14(16)2/h3,5,7,9,11,14,16H,1,4,6,8,10,12-13H2,2H3,(H,21,24)/t14-,16+/m1/s1. The molecule has 0 unspecified atom stereocenters. The fourth-order valence-corrected chi connectivity index (χ4v) is 4.28. The predicted octanol–water partition coefficient (Wildman–Crippen LogP) is 3.37. The summed E-state index contributed by atoms with van der Waals surface area (Å²) in [6.45, 7) is 6.30. The lowest BCUT2D eigenvalue weighted by molar-refractivity contribution is -0.119. The summed E-state index contributed by atoms with van der Waals surface area (Å²) >= 11 is 1.31. The summed E-state index contributed by atoms with van der Waals surface area (Å²) in [4.78, 5) is 29.7. The summed E-state index contributed by atoms with van der Waals surface area (Å²) in [7, 11) is 0. The molecule has 0 bridgehead atoms. The molecule has 0 saturated heterocycles. The van der Waals surface area contributed by atoms with E-state index in [1.54, 1.807) is 16.7 Å². The van der Waals surface area contributed by atoms with Crippen molar-refractivity contribution < 1.29 is 4.79 Å². The highest BCUT2D eigenvalue weighted by atomic mass is 32.2. The summed E-state index contributed by atoms with van der Waals surface area (Å²) < 4.78 is 1.58. The van der Waals surface area contributed by atoms with Crippen LogP contribution in [0.1, 0.15) is 32.6 Å². The van der Waals surface area contributed by atoms with Crippen LogP contribution in [0.15, 0.2) is 46.9 Å². The molecule has 1 N–H and O–H groups in total. The number of benzene rings is 1. The molecule has 2 atom stereocenters. The van der Waals surface area contributed by atoms with Gasteiger partial charge in [0.2, 0.25) is 5.91 Å². The molecule has 1 aliphatic rings. The Labute approximate surface area is 157 Å². The van der Waals surface area contributed by atoms with Gasteiger partial charge in [-0.3, -0.25) is 14.2 Å². The van der Waals surface area contributed by atoms with Gasteiger partial charge in [-0.1, -0.05) is 49.7 Å². The Kier molecular flexibility index (Phi) is 6.14. The fourth-order valence-electron chi connectivity index (χ4n) is 3.46. The van der Waals surface area contributed by atoms with Crippen LogP contribution in [0.5, 0.6) is 0 Å². The SMILES string of the molecule is C=CCn1c(SCC(=O)N[C@H]2CCCC[C@H]2C)nc2ccccc2c1=O. The third-order valence-corrected chi connectivity index (χ3v) is 5.90. The summed E-state index contributed by atoms with van der Waals surface area (Å²) in [5.41, 5.74) is 0.556. The van der Waals surface area contributed by atoms with Gasteiger partial charge in [-0.2, -0.15) is 0 Å². The maximum Gasteiger partial charge on any atom is 0.262 e. The van der Waals surface area contributed by atoms with Crippen LogP contribution >= 0.6 is 11.8 Å². The number of para-hydroxylation sites is 1. The minimum Gasteiger partial charge on any atom is -0.352 e. The van der Waals surface area contributed by atoms with Crippen molar-refractivity contribution in [2.24, 2.45) is 5.92 Å². The molecule has 1 saturated carbocycles. The van der Waals surface area contributed by atoms with E-state index in [1.807, 2.05) is 18.2 Å². The van der Waals surface area contributed by atoms with E-state index in [2.05, 4.69) is 23.8 Å². The van der Waals surface area contributed by atoms with E-state index < -0.39 is 0 Å². The molecule has 3 rings (SSSR count). The number of fused-ring (bicyclic) bond motifs is 1. The van der Waals surface area contributed by atoms with E-state index in [0.29, 0.717) is 28.5 Å². The van der Waals surface area contributed by atoms with Crippen LogP contribution in [0.4, 0.5) is 0 Å². The molecule has 1 amide bonds. The van der Waals surface area contributed by atoms with Crippen molar-refractivity contribution >= 4 is 28.6 Å². The van der Waals surface area contributed by atoms with Crippen molar-refractivity contribution in [1.29, 1.82) is 0 Å². The number of aromatic nitrogens is 2. The van der Waals surface area contributed by atoms with E-state index in [0.717, 1.165) is 6.42 Å². The zero-order chi connectivity index (χ0) is 18.5. The first-order chi connectivity index (χ1) is 12.6. The van der Waals surface area contributed by atoms with E-state index in [4.69, 9.17) is 0 Å². The van der Waals surface area contributed by atoms with Crippen molar-refractivity contribution in [3.05, 3.63) is 47.3 Å². The Balaban J connectivity index is 1.75. The van der Waals surface area contributed by atoms with Gasteiger partial charge in [-0.05, 0) is 30.9 Å². The molecule has 0 spiro atoms. The molecular weight excluding hydrogens is 346 g/mol. The maximum absolute atomic E-state index is 12.7. The monoisotopic (exact) mass is 371 g/mol. The van der Waals surface area contributed by atoms with E-state index in [1.165, 1.54) is 31.0 Å². The van der Waals surface area contributed by atoms with Gasteiger partial charge in [0.05, 0.1) is 16.7 Å². The number of hydrogen-bond acceptors (Lipinski definition) is 4. The minimum absolute atomic E-state index is 0.00121.